The largest absolute Gasteiger partial charge is 0.382 e. The molecule has 0 bridgehead atoms. The van der Waals surface area contributed by atoms with Gasteiger partial charge in [0, 0.05) is 17.8 Å². The maximum absolute atomic E-state index is 13.0. The van der Waals surface area contributed by atoms with Gasteiger partial charge in [0.05, 0.1) is 4.92 Å². The fraction of sp³-hybridized carbons (Fsp3) is 0.455. The lowest BCUT2D eigenvalue weighted by Crippen LogP contribution is -2.33. The molecule has 2 rings (SSSR count). The molecule has 86 valence electrons. The molecule has 1 aliphatic rings. The van der Waals surface area contributed by atoms with E-state index in [9.17, 15) is 14.5 Å². The van der Waals surface area contributed by atoms with Crippen molar-refractivity contribution in [3.05, 3.63) is 34.1 Å². The molecule has 4 nitrogen and oxygen atoms in total. The van der Waals surface area contributed by atoms with E-state index in [1.807, 2.05) is 0 Å². The first kappa shape index (κ1) is 10.9. The first-order valence-electron chi connectivity index (χ1n) is 5.26. The lowest BCUT2D eigenvalue weighted by Gasteiger charge is -2.34. The van der Waals surface area contributed by atoms with Gasteiger partial charge in [0.15, 0.2) is 0 Å². The van der Waals surface area contributed by atoms with Crippen LogP contribution < -0.4 is 5.32 Å². The molecule has 0 atom stereocenters. The van der Waals surface area contributed by atoms with Crippen molar-refractivity contribution in [3.8, 4) is 0 Å². The summed E-state index contributed by atoms with van der Waals surface area (Å²) in [5, 5.41) is 13.7. The summed E-state index contributed by atoms with van der Waals surface area (Å²) in [6, 6.07) is 4.27. The highest BCUT2D eigenvalue weighted by molar-refractivity contribution is 5.52. The van der Waals surface area contributed by atoms with E-state index >= 15 is 0 Å². The SMILES string of the molecule is CC1CC(Nc2ccc(F)c([N+](=O)[O-])c2)C1. The molecular weight excluding hydrogens is 211 g/mol. The molecule has 0 saturated heterocycles. The molecule has 1 aromatic rings. The predicted octanol–water partition coefficient (Wildman–Crippen LogP) is 2.94. The summed E-state index contributed by atoms with van der Waals surface area (Å²) in [5.74, 6) is -0.0922. The average Bonchev–Trinajstić information content (AvgIpc) is 2.18. The molecule has 0 radical (unpaired) electrons. The lowest BCUT2D eigenvalue weighted by molar-refractivity contribution is -0.387. The molecule has 0 unspecified atom stereocenters. The van der Waals surface area contributed by atoms with Gasteiger partial charge in [-0.15, -0.1) is 0 Å². The van der Waals surface area contributed by atoms with E-state index < -0.39 is 16.4 Å². The zero-order valence-electron chi connectivity index (χ0n) is 8.94. The van der Waals surface area contributed by atoms with Gasteiger partial charge in [0.2, 0.25) is 5.82 Å². The van der Waals surface area contributed by atoms with Crippen LogP contribution in [0.3, 0.4) is 0 Å². The van der Waals surface area contributed by atoms with Crippen LogP contribution in [0.5, 0.6) is 0 Å². The summed E-state index contributed by atoms with van der Waals surface area (Å²) >= 11 is 0. The third-order valence-corrected chi connectivity index (χ3v) is 2.89. The number of anilines is 1. The number of hydrogen-bond acceptors (Lipinski definition) is 3. The quantitative estimate of drug-likeness (QED) is 0.634. The molecule has 1 aromatic carbocycles. The van der Waals surface area contributed by atoms with Crippen molar-refractivity contribution in [2.75, 3.05) is 5.32 Å². The van der Waals surface area contributed by atoms with Crippen LogP contribution in [-0.2, 0) is 0 Å². The Morgan fingerprint density at radius 2 is 2.19 bits per heavy atom. The van der Waals surface area contributed by atoms with Gasteiger partial charge in [0.25, 0.3) is 0 Å². The Balaban J connectivity index is 2.10. The summed E-state index contributed by atoms with van der Waals surface area (Å²) in [5.41, 5.74) is 0.141. The molecule has 1 fully saturated rings. The molecule has 0 amide bonds. The van der Waals surface area contributed by atoms with Gasteiger partial charge in [-0.2, -0.15) is 4.39 Å². The molecular formula is C11H13FN2O2. The van der Waals surface area contributed by atoms with Crippen LogP contribution in [0.25, 0.3) is 0 Å². The Kier molecular flexibility index (Phi) is 2.77. The highest BCUT2D eigenvalue weighted by atomic mass is 19.1. The fourth-order valence-corrected chi connectivity index (χ4v) is 2.00. The second-order valence-electron chi connectivity index (χ2n) is 4.34. The Hall–Kier alpha value is -1.65. The van der Waals surface area contributed by atoms with Crippen molar-refractivity contribution in [2.45, 2.75) is 25.8 Å². The van der Waals surface area contributed by atoms with Crippen LogP contribution in [0.2, 0.25) is 0 Å². The molecule has 1 saturated carbocycles. The zero-order valence-corrected chi connectivity index (χ0v) is 8.94. The maximum atomic E-state index is 13.0. The van der Waals surface area contributed by atoms with E-state index in [1.54, 1.807) is 0 Å². The van der Waals surface area contributed by atoms with Gasteiger partial charge >= 0.3 is 5.69 Å². The third-order valence-electron chi connectivity index (χ3n) is 2.89. The molecule has 0 heterocycles. The average molecular weight is 224 g/mol. The van der Waals surface area contributed by atoms with E-state index in [4.69, 9.17) is 0 Å². The first-order valence-corrected chi connectivity index (χ1v) is 5.26. The van der Waals surface area contributed by atoms with Crippen molar-refractivity contribution < 1.29 is 9.31 Å². The molecule has 0 aromatic heterocycles. The van der Waals surface area contributed by atoms with Gasteiger partial charge in [-0.3, -0.25) is 10.1 Å². The number of nitrogens with one attached hydrogen (secondary N) is 1. The van der Waals surface area contributed by atoms with Crippen molar-refractivity contribution in [2.24, 2.45) is 5.92 Å². The third kappa shape index (κ3) is 2.13. The molecule has 0 aliphatic heterocycles. The normalized spacial score (nSPS) is 23.6. The number of nitrogens with zero attached hydrogens (tertiary/aromatic N) is 1. The Morgan fingerprint density at radius 3 is 2.75 bits per heavy atom. The fourth-order valence-electron chi connectivity index (χ4n) is 2.00. The smallest absolute Gasteiger partial charge is 0.306 e. The van der Waals surface area contributed by atoms with Crippen LogP contribution in [0.1, 0.15) is 19.8 Å². The minimum absolute atomic E-state index is 0.361. The summed E-state index contributed by atoms with van der Waals surface area (Å²) in [4.78, 5) is 9.83. The van der Waals surface area contributed by atoms with Crippen molar-refractivity contribution in [1.82, 2.24) is 0 Å². The Bertz CT molecular complexity index is 416. The molecule has 0 spiro atoms. The lowest BCUT2D eigenvalue weighted by atomic mass is 9.82. The minimum Gasteiger partial charge on any atom is -0.382 e. The van der Waals surface area contributed by atoms with Crippen LogP contribution >= 0.6 is 0 Å². The predicted molar refractivity (Wildman–Crippen MR) is 58.9 cm³/mol. The summed E-state index contributed by atoms with van der Waals surface area (Å²) < 4.78 is 13.0. The summed E-state index contributed by atoms with van der Waals surface area (Å²) in [6.45, 7) is 2.16. The van der Waals surface area contributed by atoms with E-state index in [0.717, 1.165) is 18.9 Å². The number of benzene rings is 1. The van der Waals surface area contributed by atoms with E-state index in [2.05, 4.69) is 12.2 Å². The first-order chi connectivity index (χ1) is 7.56. The zero-order chi connectivity index (χ0) is 11.7. The topological polar surface area (TPSA) is 55.2 Å². The number of rotatable bonds is 3. The number of hydrogen-bond donors (Lipinski definition) is 1. The van der Waals surface area contributed by atoms with E-state index in [-0.39, 0.29) is 0 Å². The molecule has 1 aliphatic carbocycles. The summed E-state index contributed by atoms with van der Waals surface area (Å²) in [6.07, 6.45) is 2.12. The highest BCUT2D eigenvalue weighted by Crippen LogP contribution is 2.30. The second-order valence-corrected chi connectivity index (χ2v) is 4.34. The second kappa shape index (κ2) is 4.08. The van der Waals surface area contributed by atoms with Crippen molar-refractivity contribution in [1.29, 1.82) is 0 Å². The molecule has 16 heavy (non-hydrogen) atoms. The summed E-state index contributed by atoms with van der Waals surface area (Å²) in [7, 11) is 0. The monoisotopic (exact) mass is 224 g/mol. The van der Waals surface area contributed by atoms with E-state index in [1.165, 1.54) is 12.1 Å². The number of halogens is 1. The number of nitro groups is 1. The van der Waals surface area contributed by atoms with Crippen molar-refractivity contribution in [3.63, 3.8) is 0 Å². The van der Waals surface area contributed by atoms with Crippen LogP contribution in [0.4, 0.5) is 15.8 Å². The van der Waals surface area contributed by atoms with Gasteiger partial charge in [-0.25, -0.2) is 0 Å². The van der Waals surface area contributed by atoms with Gasteiger partial charge in [-0.05, 0) is 30.9 Å². The molecule has 5 heteroatoms. The number of nitro benzene ring substituents is 1. The maximum Gasteiger partial charge on any atom is 0.306 e. The highest BCUT2D eigenvalue weighted by Gasteiger charge is 2.25. The van der Waals surface area contributed by atoms with Gasteiger partial charge in [-0.1, -0.05) is 6.92 Å². The van der Waals surface area contributed by atoms with Gasteiger partial charge in [0.1, 0.15) is 0 Å². The van der Waals surface area contributed by atoms with Crippen LogP contribution in [0.15, 0.2) is 18.2 Å². The Morgan fingerprint density at radius 1 is 1.50 bits per heavy atom. The van der Waals surface area contributed by atoms with E-state index in [0.29, 0.717) is 17.6 Å². The van der Waals surface area contributed by atoms with Crippen LogP contribution in [-0.4, -0.2) is 11.0 Å². The molecule has 1 N–H and O–H groups in total. The Labute approximate surface area is 92.6 Å². The van der Waals surface area contributed by atoms with Gasteiger partial charge < -0.3 is 5.32 Å². The standard InChI is InChI=1S/C11H13FN2O2/c1-7-4-9(5-7)13-8-2-3-10(12)11(6-8)14(15)16/h2-3,6-7,9,13H,4-5H2,1H3. The van der Waals surface area contributed by atoms with Crippen molar-refractivity contribution >= 4 is 11.4 Å². The minimum atomic E-state index is -0.794. The van der Waals surface area contributed by atoms with Crippen LogP contribution in [0, 0.1) is 21.8 Å².